The van der Waals surface area contributed by atoms with Gasteiger partial charge in [0.05, 0.1) is 5.75 Å². The molecule has 12 heavy (non-hydrogen) atoms. The fourth-order valence-electron chi connectivity index (χ4n) is 0.478. The molecule has 0 heterocycles. The maximum atomic E-state index is 10.1. The number of aliphatic hydroxyl groups is 1. The fourth-order valence-corrected chi connectivity index (χ4v) is 1.19. The number of aliphatic carboxylic acids is 2. The zero-order valence-electron chi connectivity index (χ0n) is 6.27. The van der Waals surface area contributed by atoms with Crippen LogP contribution in [0.25, 0.3) is 0 Å². The summed E-state index contributed by atoms with van der Waals surface area (Å²) in [5.74, 6) is -1.94. The molecule has 0 aromatic carbocycles. The lowest BCUT2D eigenvalue weighted by Crippen LogP contribution is -2.20. The summed E-state index contributed by atoms with van der Waals surface area (Å²) in [4.78, 5) is 20.0. The van der Waals surface area contributed by atoms with Crippen molar-refractivity contribution in [1.29, 1.82) is 0 Å². The highest BCUT2D eigenvalue weighted by Crippen LogP contribution is 2.04. The van der Waals surface area contributed by atoms with Gasteiger partial charge in [0.2, 0.25) is 0 Å². The second-order valence-electron chi connectivity index (χ2n) is 2.09. The van der Waals surface area contributed by atoms with Crippen LogP contribution in [0.3, 0.4) is 0 Å². The minimum atomic E-state index is -1.38. The third kappa shape index (κ3) is 5.99. The van der Waals surface area contributed by atoms with Crippen molar-refractivity contribution in [3.8, 4) is 0 Å². The predicted octanol–water partition coefficient (Wildman–Crippen LogP) is -0.360. The van der Waals surface area contributed by atoms with Crippen LogP contribution in [0.1, 0.15) is 6.42 Å². The van der Waals surface area contributed by atoms with Crippen LogP contribution in [0.15, 0.2) is 0 Å². The first-order valence-corrected chi connectivity index (χ1v) is 4.40. The van der Waals surface area contributed by atoms with Crippen LogP contribution in [-0.4, -0.2) is 44.9 Å². The molecule has 70 valence electrons. The molecule has 0 aliphatic heterocycles. The molecule has 0 radical (unpaired) electrons. The van der Waals surface area contributed by atoms with E-state index in [1.165, 1.54) is 0 Å². The van der Waals surface area contributed by atoms with Crippen LogP contribution < -0.4 is 0 Å². The van der Waals surface area contributed by atoms with Crippen molar-refractivity contribution >= 4 is 23.7 Å². The zero-order valence-corrected chi connectivity index (χ0v) is 7.08. The van der Waals surface area contributed by atoms with Gasteiger partial charge in [-0.1, -0.05) is 0 Å². The number of carbonyl (C=O) groups is 2. The molecule has 0 aromatic rings. The number of carboxylic acids is 2. The van der Waals surface area contributed by atoms with Crippen molar-refractivity contribution in [2.45, 2.75) is 12.5 Å². The zero-order chi connectivity index (χ0) is 9.56. The van der Waals surface area contributed by atoms with E-state index in [4.69, 9.17) is 15.3 Å². The standard InChI is InChI=1S/C6H10O5S/c7-4(6(10)11)1-2-12-3-5(8)9/h4,7H,1-3H2,(H,8,9)(H,10,11). The average molecular weight is 194 g/mol. The van der Waals surface area contributed by atoms with Crippen molar-refractivity contribution in [3.05, 3.63) is 0 Å². The third-order valence-corrected chi connectivity index (χ3v) is 2.02. The van der Waals surface area contributed by atoms with Crippen LogP contribution in [-0.2, 0) is 9.59 Å². The molecule has 6 heteroatoms. The maximum absolute atomic E-state index is 10.1. The number of hydrogen-bond acceptors (Lipinski definition) is 4. The van der Waals surface area contributed by atoms with Gasteiger partial charge < -0.3 is 15.3 Å². The van der Waals surface area contributed by atoms with Crippen LogP contribution in [0.2, 0.25) is 0 Å². The molecule has 0 aromatic heterocycles. The lowest BCUT2D eigenvalue weighted by atomic mass is 10.3. The first-order valence-electron chi connectivity index (χ1n) is 3.24. The van der Waals surface area contributed by atoms with Gasteiger partial charge in [0, 0.05) is 0 Å². The van der Waals surface area contributed by atoms with E-state index in [2.05, 4.69) is 0 Å². The van der Waals surface area contributed by atoms with Gasteiger partial charge >= 0.3 is 11.9 Å². The Hall–Kier alpha value is -0.750. The number of thioether (sulfide) groups is 1. The summed E-state index contributed by atoms with van der Waals surface area (Å²) in [6, 6.07) is 0. The van der Waals surface area contributed by atoms with Gasteiger partial charge in [-0.05, 0) is 12.2 Å². The molecular formula is C6H10O5S. The highest BCUT2D eigenvalue weighted by Gasteiger charge is 2.12. The number of aliphatic hydroxyl groups excluding tert-OH is 1. The van der Waals surface area contributed by atoms with Crippen LogP contribution >= 0.6 is 11.8 Å². The Morgan fingerprint density at radius 3 is 2.33 bits per heavy atom. The number of carboxylic acid groups (broad SMARTS) is 2. The quantitative estimate of drug-likeness (QED) is 0.500. The summed E-state index contributed by atoms with van der Waals surface area (Å²) in [6.45, 7) is 0. The minimum absolute atomic E-state index is 0.0632. The predicted molar refractivity (Wildman–Crippen MR) is 43.2 cm³/mol. The molecule has 0 saturated carbocycles. The van der Waals surface area contributed by atoms with Crippen molar-refractivity contribution in [1.82, 2.24) is 0 Å². The molecule has 0 rings (SSSR count). The van der Waals surface area contributed by atoms with Crippen molar-refractivity contribution in [3.63, 3.8) is 0 Å². The van der Waals surface area contributed by atoms with E-state index in [0.717, 1.165) is 11.8 Å². The molecule has 0 saturated heterocycles. The largest absolute Gasteiger partial charge is 0.481 e. The van der Waals surface area contributed by atoms with Crippen molar-refractivity contribution < 1.29 is 24.9 Å². The Morgan fingerprint density at radius 2 is 1.92 bits per heavy atom. The molecule has 5 nitrogen and oxygen atoms in total. The molecule has 0 aliphatic rings. The van der Waals surface area contributed by atoms with Gasteiger partial charge in [0.1, 0.15) is 0 Å². The summed E-state index contributed by atoms with van der Waals surface area (Å²) in [5, 5.41) is 25.1. The Labute approximate surface area is 73.4 Å². The van der Waals surface area contributed by atoms with Crippen molar-refractivity contribution in [2.75, 3.05) is 11.5 Å². The summed E-state index contributed by atoms with van der Waals surface area (Å²) >= 11 is 1.08. The number of hydrogen-bond donors (Lipinski definition) is 3. The van der Waals surface area contributed by atoms with Gasteiger partial charge in [-0.15, -0.1) is 0 Å². The Kier molecular flexibility index (Phi) is 5.48. The van der Waals surface area contributed by atoms with Gasteiger partial charge in [-0.3, -0.25) is 4.79 Å². The van der Waals surface area contributed by atoms with Crippen LogP contribution in [0, 0.1) is 0 Å². The SMILES string of the molecule is O=C(O)CSCCC(O)C(=O)O. The van der Waals surface area contributed by atoms with Gasteiger partial charge in [0.15, 0.2) is 6.10 Å². The molecule has 0 aliphatic carbocycles. The van der Waals surface area contributed by atoms with E-state index in [9.17, 15) is 9.59 Å². The summed E-state index contributed by atoms with van der Waals surface area (Å²) in [6.07, 6.45) is -1.31. The van der Waals surface area contributed by atoms with Crippen molar-refractivity contribution in [2.24, 2.45) is 0 Å². The van der Waals surface area contributed by atoms with E-state index in [1.54, 1.807) is 0 Å². The second kappa shape index (κ2) is 5.84. The Bertz CT molecular complexity index is 169. The lowest BCUT2D eigenvalue weighted by Gasteiger charge is -2.02. The Balaban J connectivity index is 3.31. The van der Waals surface area contributed by atoms with Crippen LogP contribution in [0.4, 0.5) is 0 Å². The highest BCUT2D eigenvalue weighted by atomic mass is 32.2. The first-order chi connectivity index (χ1) is 5.54. The van der Waals surface area contributed by atoms with Gasteiger partial charge in [-0.25, -0.2) is 4.79 Å². The fraction of sp³-hybridized carbons (Fsp3) is 0.667. The highest BCUT2D eigenvalue weighted by molar-refractivity contribution is 7.99. The third-order valence-electron chi connectivity index (χ3n) is 1.05. The smallest absolute Gasteiger partial charge is 0.332 e. The van der Waals surface area contributed by atoms with E-state index >= 15 is 0 Å². The summed E-state index contributed by atoms with van der Waals surface area (Å²) in [7, 11) is 0. The van der Waals surface area contributed by atoms with Gasteiger partial charge in [-0.2, -0.15) is 11.8 Å². The summed E-state index contributed by atoms with van der Waals surface area (Å²) in [5.41, 5.74) is 0. The van der Waals surface area contributed by atoms with Gasteiger partial charge in [0.25, 0.3) is 0 Å². The average Bonchev–Trinajstić information content (AvgIpc) is 1.97. The monoisotopic (exact) mass is 194 g/mol. The minimum Gasteiger partial charge on any atom is -0.481 e. The van der Waals surface area contributed by atoms with Crippen LogP contribution in [0.5, 0.6) is 0 Å². The van der Waals surface area contributed by atoms with E-state index in [0.29, 0.717) is 5.75 Å². The molecule has 0 fully saturated rings. The Morgan fingerprint density at radius 1 is 1.33 bits per heavy atom. The first kappa shape index (κ1) is 11.2. The maximum Gasteiger partial charge on any atom is 0.332 e. The lowest BCUT2D eigenvalue weighted by molar-refractivity contribution is -0.146. The molecular weight excluding hydrogens is 184 g/mol. The molecule has 0 amide bonds. The molecule has 1 unspecified atom stereocenters. The molecule has 1 atom stereocenters. The van der Waals surface area contributed by atoms with E-state index < -0.39 is 18.0 Å². The normalized spacial score (nSPS) is 12.4. The molecule has 0 bridgehead atoms. The summed E-state index contributed by atoms with van der Waals surface area (Å²) < 4.78 is 0. The second-order valence-corrected chi connectivity index (χ2v) is 3.19. The topological polar surface area (TPSA) is 94.8 Å². The van der Waals surface area contributed by atoms with E-state index in [-0.39, 0.29) is 12.2 Å². The molecule has 3 N–H and O–H groups in total. The number of rotatable bonds is 6. The van der Waals surface area contributed by atoms with E-state index in [1.807, 2.05) is 0 Å². The molecule has 0 spiro atoms.